The van der Waals surface area contributed by atoms with Gasteiger partial charge < -0.3 is 14.1 Å². The molecule has 5 rings (SSSR count). The van der Waals surface area contributed by atoms with Gasteiger partial charge in [0, 0.05) is 37.1 Å². The van der Waals surface area contributed by atoms with E-state index in [-0.39, 0.29) is 49.3 Å². The van der Waals surface area contributed by atoms with E-state index < -0.39 is 10.0 Å². The van der Waals surface area contributed by atoms with Gasteiger partial charge in [-0.1, -0.05) is 54.6 Å². The van der Waals surface area contributed by atoms with E-state index in [2.05, 4.69) is 0 Å². The van der Waals surface area contributed by atoms with Crippen molar-refractivity contribution in [2.24, 2.45) is 0 Å². The van der Waals surface area contributed by atoms with Crippen LogP contribution in [0.5, 0.6) is 5.75 Å². The predicted octanol–water partition coefficient (Wildman–Crippen LogP) is 4.16. The van der Waals surface area contributed by atoms with Crippen LogP contribution in [0, 0.1) is 0 Å². The average molecular weight is 477 g/mol. The second kappa shape index (κ2) is 9.32. The first-order valence-corrected chi connectivity index (χ1v) is 12.5. The summed E-state index contributed by atoms with van der Waals surface area (Å²) in [6.07, 6.45) is 0. The summed E-state index contributed by atoms with van der Waals surface area (Å²) >= 11 is 0. The van der Waals surface area contributed by atoms with Gasteiger partial charge in [0.2, 0.25) is 10.0 Å². The number of hydrogen-bond acceptors (Lipinski definition) is 5. The third kappa shape index (κ3) is 4.30. The zero-order valence-electron chi connectivity index (χ0n) is 18.5. The first kappa shape index (κ1) is 22.2. The molecule has 1 aliphatic heterocycles. The van der Waals surface area contributed by atoms with E-state index in [9.17, 15) is 13.2 Å². The van der Waals surface area contributed by atoms with Crippen LogP contribution in [0.25, 0.3) is 11.0 Å². The molecule has 1 fully saturated rings. The summed E-state index contributed by atoms with van der Waals surface area (Å²) in [6.45, 7) is 1.18. The molecule has 34 heavy (non-hydrogen) atoms. The third-order valence-electron chi connectivity index (χ3n) is 5.93. The number of piperazine rings is 1. The Morgan fingerprint density at radius 2 is 1.44 bits per heavy atom. The van der Waals surface area contributed by atoms with Gasteiger partial charge in [0.1, 0.15) is 17.9 Å². The van der Waals surface area contributed by atoms with Crippen LogP contribution < -0.4 is 4.74 Å². The fourth-order valence-corrected chi connectivity index (χ4v) is 5.55. The number of fused-ring (bicyclic) bond motifs is 1. The molecule has 0 radical (unpaired) electrons. The van der Waals surface area contributed by atoms with Gasteiger partial charge in [0.15, 0.2) is 5.76 Å². The zero-order chi connectivity index (χ0) is 23.5. The highest BCUT2D eigenvalue weighted by molar-refractivity contribution is 7.89. The topological polar surface area (TPSA) is 80.1 Å². The lowest BCUT2D eigenvalue weighted by atomic mass is 10.1. The van der Waals surface area contributed by atoms with Crippen molar-refractivity contribution in [1.29, 1.82) is 0 Å². The third-order valence-corrected chi connectivity index (χ3v) is 7.84. The maximum Gasteiger partial charge on any atom is 0.290 e. The highest BCUT2D eigenvalue weighted by Gasteiger charge is 2.32. The van der Waals surface area contributed by atoms with Crippen LogP contribution >= 0.6 is 0 Å². The number of hydrogen-bond donors (Lipinski definition) is 0. The fourth-order valence-electron chi connectivity index (χ4n) is 4.10. The lowest BCUT2D eigenvalue weighted by molar-refractivity contribution is 0.0664. The van der Waals surface area contributed by atoms with Crippen LogP contribution in [0.2, 0.25) is 0 Å². The number of sulfonamides is 1. The Bertz CT molecular complexity index is 1390. The lowest BCUT2D eigenvalue weighted by Gasteiger charge is -2.33. The van der Waals surface area contributed by atoms with Gasteiger partial charge in [-0.05, 0) is 30.3 Å². The van der Waals surface area contributed by atoms with Crippen molar-refractivity contribution in [3.8, 4) is 5.75 Å². The Morgan fingerprint density at radius 3 is 2.15 bits per heavy atom. The molecule has 0 spiro atoms. The van der Waals surface area contributed by atoms with Crippen LogP contribution in [0.4, 0.5) is 0 Å². The van der Waals surface area contributed by atoms with Crippen molar-refractivity contribution in [3.63, 3.8) is 0 Å². The molecule has 1 amide bonds. The SMILES string of the molecule is O=C(c1oc2ccccc2c1COc1ccccc1)N1CCN(S(=O)(=O)c2ccccc2)CC1. The van der Waals surface area contributed by atoms with E-state index in [0.29, 0.717) is 16.9 Å². The van der Waals surface area contributed by atoms with E-state index in [4.69, 9.17) is 9.15 Å². The summed E-state index contributed by atoms with van der Waals surface area (Å²) in [4.78, 5) is 15.3. The Kier molecular flexibility index (Phi) is 6.08. The van der Waals surface area contributed by atoms with Gasteiger partial charge in [-0.2, -0.15) is 4.31 Å². The molecule has 0 unspecified atom stereocenters. The van der Waals surface area contributed by atoms with E-state index in [0.717, 1.165) is 5.39 Å². The molecule has 0 bridgehead atoms. The quantitative estimate of drug-likeness (QED) is 0.418. The number of para-hydroxylation sites is 2. The van der Waals surface area contributed by atoms with E-state index in [1.807, 2.05) is 54.6 Å². The minimum Gasteiger partial charge on any atom is -0.489 e. The molecule has 8 heteroatoms. The number of furan rings is 1. The second-order valence-corrected chi connectivity index (χ2v) is 9.95. The molecule has 1 aromatic heterocycles. The van der Waals surface area contributed by atoms with Crippen molar-refractivity contribution >= 4 is 26.9 Å². The predicted molar refractivity (Wildman–Crippen MR) is 128 cm³/mol. The summed E-state index contributed by atoms with van der Waals surface area (Å²) in [7, 11) is -3.59. The summed E-state index contributed by atoms with van der Waals surface area (Å²) in [5.41, 5.74) is 1.30. The molecule has 0 N–H and O–H groups in total. The maximum absolute atomic E-state index is 13.4. The van der Waals surface area contributed by atoms with E-state index >= 15 is 0 Å². The van der Waals surface area contributed by atoms with Gasteiger partial charge in [-0.3, -0.25) is 4.79 Å². The second-order valence-electron chi connectivity index (χ2n) is 8.02. The molecule has 4 aromatic rings. The highest BCUT2D eigenvalue weighted by atomic mass is 32.2. The Labute approximate surface area is 198 Å². The molecule has 0 saturated carbocycles. The molecule has 1 aliphatic rings. The molecular formula is C26H24N2O5S. The van der Waals surface area contributed by atoms with Gasteiger partial charge in [-0.25, -0.2) is 8.42 Å². The molecule has 174 valence electrons. The highest BCUT2D eigenvalue weighted by Crippen LogP contribution is 2.29. The van der Waals surface area contributed by atoms with Gasteiger partial charge in [0.05, 0.1) is 4.90 Å². The Hall–Kier alpha value is -3.62. The average Bonchev–Trinajstić information content (AvgIpc) is 3.27. The van der Waals surface area contributed by atoms with Crippen molar-refractivity contribution in [3.05, 3.63) is 96.3 Å². The number of carbonyl (C=O) groups is 1. The van der Waals surface area contributed by atoms with Crippen LogP contribution in [-0.2, 0) is 16.6 Å². The minimum atomic E-state index is -3.59. The van der Waals surface area contributed by atoms with Crippen LogP contribution in [-0.4, -0.2) is 49.7 Å². The molecule has 2 heterocycles. The van der Waals surface area contributed by atoms with Crippen LogP contribution in [0.3, 0.4) is 0 Å². The fraction of sp³-hybridized carbons (Fsp3) is 0.192. The smallest absolute Gasteiger partial charge is 0.290 e. The number of rotatable bonds is 6. The van der Waals surface area contributed by atoms with Crippen molar-refractivity contribution in [2.75, 3.05) is 26.2 Å². The summed E-state index contributed by atoms with van der Waals surface area (Å²) in [6, 6.07) is 25.2. The summed E-state index contributed by atoms with van der Waals surface area (Å²) < 4.78 is 39.1. The van der Waals surface area contributed by atoms with Crippen molar-refractivity contribution in [1.82, 2.24) is 9.21 Å². The van der Waals surface area contributed by atoms with Gasteiger partial charge in [0.25, 0.3) is 5.91 Å². The Balaban J connectivity index is 1.35. The number of benzene rings is 3. The molecule has 1 saturated heterocycles. The first-order valence-electron chi connectivity index (χ1n) is 11.1. The van der Waals surface area contributed by atoms with E-state index in [1.165, 1.54) is 4.31 Å². The molecule has 0 aliphatic carbocycles. The number of nitrogens with zero attached hydrogens (tertiary/aromatic N) is 2. The molecular weight excluding hydrogens is 452 g/mol. The number of amides is 1. The zero-order valence-corrected chi connectivity index (χ0v) is 19.3. The molecule has 0 atom stereocenters. The molecule has 7 nitrogen and oxygen atoms in total. The largest absolute Gasteiger partial charge is 0.489 e. The van der Waals surface area contributed by atoms with Crippen LogP contribution in [0.1, 0.15) is 16.1 Å². The lowest BCUT2D eigenvalue weighted by Crippen LogP contribution is -2.50. The summed E-state index contributed by atoms with van der Waals surface area (Å²) in [5, 5.41) is 0.826. The van der Waals surface area contributed by atoms with E-state index in [1.54, 1.807) is 35.2 Å². The monoisotopic (exact) mass is 476 g/mol. The maximum atomic E-state index is 13.4. The van der Waals surface area contributed by atoms with Gasteiger partial charge in [-0.15, -0.1) is 0 Å². The van der Waals surface area contributed by atoms with Crippen molar-refractivity contribution < 1.29 is 22.4 Å². The van der Waals surface area contributed by atoms with Crippen molar-refractivity contribution in [2.45, 2.75) is 11.5 Å². The Morgan fingerprint density at radius 1 is 0.824 bits per heavy atom. The normalized spacial score (nSPS) is 14.9. The standard InChI is InChI=1S/C26H24N2O5S/c29-26(27-15-17-28(18-16-27)34(30,31)21-11-5-2-6-12-21)25-23(19-32-20-9-3-1-4-10-20)22-13-7-8-14-24(22)33-25/h1-14H,15-19H2. The number of carbonyl (C=O) groups excluding carboxylic acids is 1. The summed E-state index contributed by atoms with van der Waals surface area (Å²) in [5.74, 6) is 0.669. The minimum absolute atomic E-state index is 0.185. The first-order chi connectivity index (χ1) is 16.5. The van der Waals surface area contributed by atoms with Gasteiger partial charge >= 0.3 is 0 Å². The van der Waals surface area contributed by atoms with Crippen LogP contribution in [0.15, 0.2) is 94.2 Å². The molecule has 3 aromatic carbocycles. The number of ether oxygens (including phenoxy) is 1.